The van der Waals surface area contributed by atoms with Gasteiger partial charge in [0.1, 0.15) is 0 Å². The summed E-state index contributed by atoms with van der Waals surface area (Å²) >= 11 is 1.58. The van der Waals surface area contributed by atoms with Crippen LogP contribution in [-0.2, 0) is 11.2 Å². The average Bonchev–Trinajstić information content (AvgIpc) is 2.92. The summed E-state index contributed by atoms with van der Waals surface area (Å²) in [5, 5.41) is 3.95. The van der Waals surface area contributed by atoms with Crippen molar-refractivity contribution in [1.82, 2.24) is 14.9 Å². The molecule has 3 atom stereocenters. The van der Waals surface area contributed by atoms with Gasteiger partial charge in [0.05, 0.1) is 6.04 Å². The molecule has 6 heteroatoms. The van der Waals surface area contributed by atoms with Crippen LogP contribution in [0.3, 0.4) is 0 Å². The van der Waals surface area contributed by atoms with Crippen molar-refractivity contribution in [1.29, 1.82) is 0 Å². The van der Waals surface area contributed by atoms with E-state index in [1.54, 1.807) is 22.4 Å². The molecule has 1 N–H and O–H groups in total. The van der Waals surface area contributed by atoms with Crippen LogP contribution < -0.4 is 10.9 Å². The molecule has 2 heterocycles. The van der Waals surface area contributed by atoms with Crippen LogP contribution in [0.1, 0.15) is 57.7 Å². The van der Waals surface area contributed by atoms with Crippen LogP contribution >= 0.6 is 11.8 Å². The Labute approximate surface area is 141 Å². The largest absolute Gasteiger partial charge is 0.353 e. The first-order chi connectivity index (χ1) is 11.1. The van der Waals surface area contributed by atoms with E-state index in [1.165, 1.54) is 19.3 Å². The normalized spacial score (nSPS) is 26.8. The molecule has 1 aliphatic carbocycles. The molecule has 1 fully saturated rings. The second-order valence-corrected chi connectivity index (χ2v) is 7.68. The highest BCUT2D eigenvalue weighted by atomic mass is 32.2. The van der Waals surface area contributed by atoms with Crippen LogP contribution in [0.15, 0.2) is 16.0 Å². The minimum atomic E-state index is -0.0696. The van der Waals surface area contributed by atoms with Crippen molar-refractivity contribution in [2.45, 2.75) is 69.6 Å². The lowest BCUT2D eigenvalue weighted by atomic mass is 9.86. The second-order valence-electron chi connectivity index (χ2n) is 6.70. The third kappa shape index (κ3) is 3.62. The molecule has 1 amide bonds. The molecular formula is C17H25N3O2S. The Hall–Kier alpha value is -1.30. The lowest BCUT2D eigenvalue weighted by Crippen LogP contribution is -2.42. The van der Waals surface area contributed by atoms with Crippen LogP contribution in [0.5, 0.6) is 0 Å². The molecule has 0 saturated heterocycles. The smallest absolute Gasteiger partial charge is 0.254 e. The number of rotatable bonds is 4. The Morgan fingerprint density at radius 1 is 1.43 bits per heavy atom. The molecule has 1 aromatic rings. The molecule has 1 aliphatic heterocycles. The SMILES string of the molecule is CCc1cc(=O)n2c(n1)SCC2CC(=O)NC1CCCCC1C. The molecule has 3 unspecified atom stereocenters. The highest BCUT2D eigenvalue weighted by molar-refractivity contribution is 7.99. The van der Waals surface area contributed by atoms with Crippen molar-refractivity contribution in [2.24, 2.45) is 5.92 Å². The molecule has 1 aromatic heterocycles. The molecule has 2 aliphatic rings. The second kappa shape index (κ2) is 7.07. The Bertz CT molecular complexity index is 643. The molecule has 0 aromatic carbocycles. The summed E-state index contributed by atoms with van der Waals surface area (Å²) in [6.45, 7) is 4.21. The fourth-order valence-electron chi connectivity index (χ4n) is 3.54. The van der Waals surface area contributed by atoms with Gasteiger partial charge >= 0.3 is 0 Å². The maximum absolute atomic E-state index is 12.4. The van der Waals surface area contributed by atoms with E-state index in [0.717, 1.165) is 29.4 Å². The van der Waals surface area contributed by atoms with Crippen LogP contribution in [0.4, 0.5) is 0 Å². The standard InChI is InChI=1S/C17H25N3O2S/c1-3-12-8-16(22)20-13(10-23-17(20)18-12)9-15(21)19-14-7-5-4-6-11(14)2/h8,11,13-14H,3-7,9-10H2,1-2H3,(H,19,21). The Morgan fingerprint density at radius 2 is 2.22 bits per heavy atom. The summed E-state index contributed by atoms with van der Waals surface area (Å²) in [6.07, 6.45) is 5.85. The average molecular weight is 335 g/mol. The Balaban J connectivity index is 1.66. The number of nitrogens with one attached hydrogen (secondary N) is 1. The number of carbonyl (C=O) groups excluding carboxylic acids is 1. The van der Waals surface area contributed by atoms with Gasteiger partial charge in [0.25, 0.3) is 5.56 Å². The number of amides is 1. The molecule has 1 saturated carbocycles. The first-order valence-electron chi connectivity index (χ1n) is 8.63. The van der Waals surface area contributed by atoms with Crippen molar-refractivity contribution >= 4 is 17.7 Å². The fraction of sp³-hybridized carbons (Fsp3) is 0.706. The summed E-state index contributed by atoms with van der Waals surface area (Å²) in [7, 11) is 0. The minimum absolute atomic E-state index is 0.0271. The number of thioether (sulfide) groups is 1. The molecule has 23 heavy (non-hydrogen) atoms. The maximum Gasteiger partial charge on any atom is 0.254 e. The van der Waals surface area contributed by atoms with E-state index in [-0.39, 0.29) is 17.5 Å². The van der Waals surface area contributed by atoms with Gasteiger partial charge in [-0.05, 0) is 25.2 Å². The predicted octanol–water partition coefficient (Wildman–Crippen LogP) is 2.54. The van der Waals surface area contributed by atoms with E-state index >= 15 is 0 Å². The van der Waals surface area contributed by atoms with Crippen LogP contribution in [-0.4, -0.2) is 27.3 Å². The number of nitrogens with zero attached hydrogens (tertiary/aromatic N) is 2. The zero-order chi connectivity index (χ0) is 16.4. The lowest BCUT2D eigenvalue weighted by Gasteiger charge is -2.29. The van der Waals surface area contributed by atoms with E-state index in [4.69, 9.17) is 0 Å². The van der Waals surface area contributed by atoms with Crippen LogP contribution in [0.2, 0.25) is 0 Å². The van der Waals surface area contributed by atoms with Gasteiger partial charge in [0.2, 0.25) is 5.91 Å². The summed E-state index contributed by atoms with van der Waals surface area (Å²) in [6, 6.07) is 1.82. The van der Waals surface area contributed by atoms with Gasteiger partial charge in [-0.2, -0.15) is 0 Å². The summed E-state index contributed by atoms with van der Waals surface area (Å²) in [5.41, 5.74) is 0.801. The highest BCUT2D eigenvalue weighted by Gasteiger charge is 2.29. The predicted molar refractivity (Wildman–Crippen MR) is 91.8 cm³/mol. The zero-order valence-corrected chi connectivity index (χ0v) is 14.7. The summed E-state index contributed by atoms with van der Waals surface area (Å²) < 4.78 is 1.70. The van der Waals surface area contributed by atoms with Crippen molar-refractivity contribution < 1.29 is 4.79 Å². The first-order valence-corrected chi connectivity index (χ1v) is 9.61. The zero-order valence-electron chi connectivity index (χ0n) is 13.9. The summed E-state index contributed by atoms with van der Waals surface area (Å²) in [5.74, 6) is 1.37. The van der Waals surface area contributed by atoms with E-state index < -0.39 is 0 Å². The van der Waals surface area contributed by atoms with Crippen molar-refractivity contribution in [3.63, 3.8) is 0 Å². The van der Waals surface area contributed by atoms with E-state index in [1.807, 2.05) is 6.92 Å². The topological polar surface area (TPSA) is 64.0 Å². The number of hydrogen-bond donors (Lipinski definition) is 1. The Morgan fingerprint density at radius 3 is 2.96 bits per heavy atom. The van der Waals surface area contributed by atoms with Crippen molar-refractivity contribution in [3.8, 4) is 0 Å². The maximum atomic E-state index is 12.4. The van der Waals surface area contributed by atoms with E-state index in [0.29, 0.717) is 18.4 Å². The molecular weight excluding hydrogens is 310 g/mol. The van der Waals surface area contributed by atoms with Gasteiger partial charge in [0, 0.05) is 30.0 Å². The quantitative estimate of drug-likeness (QED) is 0.859. The molecule has 126 valence electrons. The summed E-state index contributed by atoms with van der Waals surface area (Å²) in [4.78, 5) is 29.2. The highest BCUT2D eigenvalue weighted by Crippen LogP contribution is 2.32. The van der Waals surface area contributed by atoms with Crippen molar-refractivity contribution in [3.05, 3.63) is 22.1 Å². The number of fused-ring (bicyclic) bond motifs is 1. The number of carbonyl (C=O) groups is 1. The Kier molecular flexibility index (Phi) is 5.09. The van der Waals surface area contributed by atoms with Crippen molar-refractivity contribution in [2.75, 3.05) is 5.75 Å². The number of aromatic nitrogens is 2. The van der Waals surface area contributed by atoms with Gasteiger partial charge in [0.15, 0.2) is 5.16 Å². The fourth-order valence-corrected chi connectivity index (χ4v) is 4.71. The first kappa shape index (κ1) is 16.6. The number of aryl methyl sites for hydroxylation is 1. The van der Waals surface area contributed by atoms with Gasteiger partial charge in [-0.1, -0.05) is 38.5 Å². The third-order valence-corrected chi connectivity index (χ3v) is 6.08. The van der Waals surface area contributed by atoms with Gasteiger partial charge < -0.3 is 5.32 Å². The third-order valence-electron chi connectivity index (χ3n) is 4.98. The van der Waals surface area contributed by atoms with E-state index in [9.17, 15) is 9.59 Å². The van der Waals surface area contributed by atoms with Gasteiger partial charge in [-0.25, -0.2) is 4.98 Å². The van der Waals surface area contributed by atoms with Crippen LogP contribution in [0, 0.1) is 5.92 Å². The van der Waals surface area contributed by atoms with E-state index in [2.05, 4.69) is 17.2 Å². The lowest BCUT2D eigenvalue weighted by molar-refractivity contribution is -0.123. The minimum Gasteiger partial charge on any atom is -0.353 e. The van der Waals surface area contributed by atoms with Crippen LogP contribution in [0.25, 0.3) is 0 Å². The monoisotopic (exact) mass is 335 g/mol. The van der Waals surface area contributed by atoms with Gasteiger partial charge in [-0.3, -0.25) is 14.2 Å². The molecule has 3 rings (SSSR count). The molecule has 5 nitrogen and oxygen atoms in total. The number of hydrogen-bond acceptors (Lipinski definition) is 4. The molecule has 0 bridgehead atoms. The van der Waals surface area contributed by atoms with Gasteiger partial charge in [-0.15, -0.1) is 0 Å². The molecule has 0 radical (unpaired) electrons. The molecule has 0 spiro atoms.